The predicted molar refractivity (Wildman–Crippen MR) is 88.4 cm³/mol. The summed E-state index contributed by atoms with van der Waals surface area (Å²) in [4.78, 5) is 16.9. The fourth-order valence-electron chi connectivity index (χ4n) is 3.70. The maximum absolute atomic E-state index is 12.7. The summed E-state index contributed by atoms with van der Waals surface area (Å²) in [5.74, 6) is 0.0272. The van der Waals surface area contributed by atoms with Crippen molar-refractivity contribution in [3.05, 3.63) is 18.0 Å². The van der Waals surface area contributed by atoms with Crippen LogP contribution in [-0.4, -0.2) is 68.9 Å². The molecule has 6 nitrogen and oxygen atoms in total. The predicted octanol–water partition coefficient (Wildman–Crippen LogP) is 1.53. The van der Waals surface area contributed by atoms with Crippen LogP contribution >= 0.6 is 0 Å². The minimum absolute atomic E-state index is 0.0272. The van der Waals surface area contributed by atoms with Crippen molar-refractivity contribution in [3.8, 4) is 0 Å². The van der Waals surface area contributed by atoms with Crippen LogP contribution in [0.15, 0.2) is 12.3 Å². The van der Waals surface area contributed by atoms with Crippen molar-refractivity contribution >= 4 is 5.91 Å². The molecule has 0 aromatic carbocycles. The van der Waals surface area contributed by atoms with Gasteiger partial charge in [0.1, 0.15) is 5.69 Å². The Morgan fingerprint density at radius 1 is 1.26 bits per heavy atom. The first-order valence-corrected chi connectivity index (χ1v) is 8.76. The topological polar surface area (TPSA) is 61.6 Å². The summed E-state index contributed by atoms with van der Waals surface area (Å²) < 4.78 is 1.77. The van der Waals surface area contributed by atoms with Gasteiger partial charge in [0.05, 0.1) is 5.60 Å². The Hall–Kier alpha value is -1.40. The van der Waals surface area contributed by atoms with E-state index in [9.17, 15) is 9.90 Å². The molecule has 0 unspecified atom stereocenters. The summed E-state index contributed by atoms with van der Waals surface area (Å²) in [5.41, 5.74) is 0.00403. The molecule has 1 amide bonds. The van der Waals surface area contributed by atoms with Crippen LogP contribution in [0.4, 0.5) is 0 Å². The summed E-state index contributed by atoms with van der Waals surface area (Å²) >= 11 is 0. The maximum Gasteiger partial charge on any atom is 0.272 e. The second-order valence-electron chi connectivity index (χ2n) is 7.25. The molecule has 1 aromatic heterocycles. The first kappa shape index (κ1) is 16.5. The third-order valence-electron chi connectivity index (χ3n) is 5.08. The average Bonchev–Trinajstić information content (AvgIpc) is 3.17. The number of aliphatic hydroxyl groups is 1. The molecule has 2 saturated heterocycles. The molecule has 0 radical (unpaired) electrons. The van der Waals surface area contributed by atoms with Gasteiger partial charge in [-0.25, -0.2) is 0 Å². The lowest BCUT2D eigenvalue weighted by atomic mass is 9.90. The van der Waals surface area contributed by atoms with Crippen LogP contribution in [0.1, 0.15) is 56.1 Å². The molecule has 0 saturated carbocycles. The van der Waals surface area contributed by atoms with Crippen molar-refractivity contribution in [1.29, 1.82) is 0 Å². The van der Waals surface area contributed by atoms with Gasteiger partial charge in [-0.05, 0) is 58.7 Å². The van der Waals surface area contributed by atoms with Crippen molar-refractivity contribution in [1.82, 2.24) is 19.6 Å². The van der Waals surface area contributed by atoms with E-state index in [4.69, 9.17) is 0 Å². The van der Waals surface area contributed by atoms with Gasteiger partial charge in [-0.2, -0.15) is 5.10 Å². The van der Waals surface area contributed by atoms with Gasteiger partial charge >= 0.3 is 0 Å². The number of amides is 1. The fraction of sp³-hybridized carbons (Fsp3) is 0.765. The second-order valence-corrected chi connectivity index (χ2v) is 7.25. The molecule has 2 aliphatic rings. The van der Waals surface area contributed by atoms with E-state index >= 15 is 0 Å². The maximum atomic E-state index is 12.7. The molecule has 23 heavy (non-hydrogen) atoms. The smallest absolute Gasteiger partial charge is 0.272 e. The molecule has 0 atom stereocenters. The fourth-order valence-corrected chi connectivity index (χ4v) is 3.70. The Morgan fingerprint density at radius 3 is 2.52 bits per heavy atom. The molecular formula is C17H28N4O2. The molecule has 6 heteroatoms. The molecule has 2 fully saturated rings. The highest BCUT2D eigenvalue weighted by atomic mass is 16.3. The molecule has 128 valence electrons. The number of nitrogens with zero attached hydrogens (tertiary/aromatic N) is 4. The summed E-state index contributed by atoms with van der Waals surface area (Å²) in [7, 11) is 0. The van der Waals surface area contributed by atoms with Crippen LogP contribution < -0.4 is 0 Å². The highest BCUT2D eigenvalue weighted by molar-refractivity contribution is 5.92. The van der Waals surface area contributed by atoms with E-state index in [0.29, 0.717) is 31.6 Å². The van der Waals surface area contributed by atoms with Crippen LogP contribution in [0.5, 0.6) is 0 Å². The first-order chi connectivity index (χ1) is 11.0. The zero-order valence-corrected chi connectivity index (χ0v) is 14.2. The zero-order valence-electron chi connectivity index (χ0n) is 14.2. The lowest BCUT2D eigenvalue weighted by Gasteiger charge is -2.40. The van der Waals surface area contributed by atoms with E-state index in [-0.39, 0.29) is 11.9 Å². The van der Waals surface area contributed by atoms with Crippen LogP contribution in [-0.2, 0) is 0 Å². The molecule has 2 aliphatic heterocycles. The van der Waals surface area contributed by atoms with E-state index in [1.807, 2.05) is 18.7 Å². The van der Waals surface area contributed by atoms with Gasteiger partial charge < -0.3 is 14.9 Å². The largest absolute Gasteiger partial charge is 0.388 e. The van der Waals surface area contributed by atoms with Crippen LogP contribution in [0, 0.1) is 0 Å². The molecule has 0 bridgehead atoms. The van der Waals surface area contributed by atoms with Crippen molar-refractivity contribution < 1.29 is 9.90 Å². The lowest BCUT2D eigenvalue weighted by molar-refractivity contribution is -0.0369. The number of piperidine rings is 1. The van der Waals surface area contributed by atoms with E-state index in [0.717, 1.165) is 19.6 Å². The molecule has 0 spiro atoms. The van der Waals surface area contributed by atoms with Crippen LogP contribution in [0.2, 0.25) is 0 Å². The third-order valence-corrected chi connectivity index (χ3v) is 5.08. The quantitative estimate of drug-likeness (QED) is 0.914. The summed E-state index contributed by atoms with van der Waals surface area (Å²) in [6.07, 6.45) is 5.47. The highest BCUT2D eigenvalue weighted by Gasteiger charge is 2.36. The Balaban J connectivity index is 1.59. The van der Waals surface area contributed by atoms with Crippen LogP contribution in [0.25, 0.3) is 0 Å². The Labute approximate surface area is 138 Å². The average molecular weight is 320 g/mol. The highest BCUT2D eigenvalue weighted by Crippen LogP contribution is 2.26. The van der Waals surface area contributed by atoms with E-state index in [1.54, 1.807) is 16.9 Å². The molecule has 3 rings (SSSR count). The normalized spacial score (nSPS) is 22.0. The number of β-amino-alcohol motifs (C(OH)–C–C–N with tert-alkyl or cyclic N) is 1. The van der Waals surface area contributed by atoms with Gasteiger partial charge in [0.25, 0.3) is 5.91 Å². The zero-order chi connectivity index (χ0) is 16.4. The van der Waals surface area contributed by atoms with Crippen LogP contribution in [0.3, 0.4) is 0 Å². The Morgan fingerprint density at radius 2 is 1.91 bits per heavy atom. The Kier molecular flexibility index (Phi) is 4.73. The SMILES string of the molecule is CC(C)n1nccc1C(=O)N1CCC(O)(CN2CCCC2)CC1. The van der Waals surface area contributed by atoms with Gasteiger partial charge in [0.2, 0.25) is 0 Å². The third kappa shape index (κ3) is 3.58. The van der Waals surface area contributed by atoms with Gasteiger partial charge in [0, 0.05) is 31.9 Å². The monoisotopic (exact) mass is 320 g/mol. The first-order valence-electron chi connectivity index (χ1n) is 8.76. The standard InChI is InChI=1S/C17H28N4O2/c1-14(2)21-15(5-8-18-21)16(22)20-11-6-17(23,7-12-20)13-19-9-3-4-10-19/h5,8,14,23H,3-4,6-7,9-13H2,1-2H3. The number of hydrogen-bond donors (Lipinski definition) is 1. The summed E-state index contributed by atoms with van der Waals surface area (Å²) in [6, 6.07) is 1.95. The van der Waals surface area contributed by atoms with E-state index in [2.05, 4.69) is 10.00 Å². The van der Waals surface area contributed by atoms with Crippen molar-refractivity contribution in [2.24, 2.45) is 0 Å². The van der Waals surface area contributed by atoms with E-state index in [1.165, 1.54) is 12.8 Å². The molecule has 0 aliphatic carbocycles. The number of carbonyl (C=O) groups excluding carboxylic acids is 1. The summed E-state index contributed by atoms with van der Waals surface area (Å²) in [5, 5.41) is 15.0. The molecule has 3 heterocycles. The molecular weight excluding hydrogens is 292 g/mol. The minimum atomic E-state index is -0.639. The molecule has 1 aromatic rings. The number of rotatable bonds is 4. The number of aromatic nitrogens is 2. The number of hydrogen-bond acceptors (Lipinski definition) is 4. The number of likely N-dealkylation sites (tertiary alicyclic amines) is 2. The minimum Gasteiger partial charge on any atom is -0.388 e. The van der Waals surface area contributed by atoms with E-state index < -0.39 is 5.60 Å². The van der Waals surface area contributed by atoms with Crippen molar-refractivity contribution in [2.45, 2.75) is 51.2 Å². The van der Waals surface area contributed by atoms with Gasteiger partial charge in [0.15, 0.2) is 0 Å². The molecule has 1 N–H and O–H groups in total. The lowest BCUT2D eigenvalue weighted by Crippen LogP contribution is -2.52. The van der Waals surface area contributed by atoms with Crippen molar-refractivity contribution in [3.63, 3.8) is 0 Å². The second kappa shape index (κ2) is 6.61. The van der Waals surface area contributed by atoms with Crippen molar-refractivity contribution in [2.75, 3.05) is 32.7 Å². The Bertz CT molecular complexity index is 541. The van der Waals surface area contributed by atoms with Gasteiger partial charge in [-0.3, -0.25) is 9.48 Å². The number of carbonyl (C=O) groups is 1. The summed E-state index contributed by atoms with van der Waals surface area (Å²) in [6.45, 7) is 8.22. The van der Waals surface area contributed by atoms with Gasteiger partial charge in [-0.1, -0.05) is 0 Å². The van der Waals surface area contributed by atoms with Gasteiger partial charge in [-0.15, -0.1) is 0 Å².